The van der Waals surface area contributed by atoms with Gasteiger partial charge in [0, 0.05) is 42.1 Å². The van der Waals surface area contributed by atoms with E-state index in [1.807, 2.05) is 35.1 Å². The Balaban J connectivity index is 0.00000225. The second kappa shape index (κ2) is 9.73. The molecule has 0 fully saturated rings. The minimum absolute atomic E-state index is 0. The Morgan fingerprint density at radius 2 is 2.16 bits per heavy atom. The van der Waals surface area contributed by atoms with Gasteiger partial charge >= 0.3 is 0 Å². The average Bonchev–Trinajstić information content (AvgIpc) is 3.26. The maximum atomic E-state index is 10.4. The first-order valence-electron chi connectivity index (χ1n) is 7.85. The smallest absolute Gasteiger partial charge is 0.191 e. The van der Waals surface area contributed by atoms with Gasteiger partial charge < -0.3 is 15.7 Å². The zero-order valence-electron chi connectivity index (χ0n) is 13.9. The summed E-state index contributed by atoms with van der Waals surface area (Å²) in [7, 11) is 1.72. The molecule has 3 N–H and O–H groups in total. The Labute approximate surface area is 168 Å². The van der Waals surface area contributed by atoms with Crippen molar-refractivity contribution in [3.05, 3.63) is 53.7 Å². The first-order chi connectivity index (χ1) is 11.8. The first kappa shape index (κ1) is 19.7. The SMILES string of the molecule is CN=C(NCCn1cccn1)NCC(O)c1cc2ccccc2s1.I. The molecule has 0 aliphatic carbocycles. The second-order valence-electron chi connectivity index (χ2n) is 5.35. The van der Waals surface area contributed by atoms with E-state index < -0.39 is 6.10 Å². The summed E-state index contributed by atoms with van der Waals surface area (Å²) >= 11 is 1.62. The van der Waals surface area contributed by atoms with Crippen molar-refractivity contribution < 1.29 is 5.11 Å². The van der Waals surface area contributed by atoms with Gasteiger partial charge in [-0.3, -0.25) is 9.67 Å². The Hall–Kier alpha value is -1.65. The van der Waals surface area contributed by atoms with E-state index in [1.54, 1.807) is 24.6 Å². The van der Waals surface area contributed by atoms with E-state index in [-0.39, 0.29) is 24.0 Å². The Morgan fingerprint density at radius 1 is 1.32 bits per heavy atom. The summed E-state index contributed by atoms with van der Waals surface area (Å²) in [6.45, 7) is 1.88. The molecule has 1 unspecified atom stereocenters. The lowest BCUT2D eigenvalue weighted by Crippen LogP contribution is -2.40. The van der Waals surface area contributed by atoms with Crippen LogP contribution in [0.5, 0.6) is 0 Å². The number of aromatic nitrogens is 2. The molecule has 6 nitrogen and oxygen atoms in total. The lowest BCUT2D eigenvalue weighted by atomic mass is 10.2. The van der Waals surface area contributed by atoms with Crippen molar-refractivity contribution in [1.82, 2.24) is 20.4 Å². The Bertz CT molecular complexity index is 769. The molecule has 3 aromatic rings. The van der Waals surface area contributed by atoms with Crippen LogP contribution in [0.2, 0.25) is 0 Å². The highest BCUT2D eigenvalue weighted by molar-refractivity contribution is 14.0. The molecule has 0 saturated carbocycles. The van der Waals surface area contributed by atoms with Gasteiger partial charge in [0.1, 0.15) is 6.10 Å². The van der Waals surface area contributed by atoms with E-state index in [9.17, 15) is 5.11 Å². The van der Waals surface area contributed by atoms with Crippen LogP contribution in [0.4, 0.5) is 0 Å². The molecule has 2 heterocycles. The molecule has 2 aromatic heterocycles. The van der Waals surface area contributed by atoms with Crippen molar-refractivity contribution in [3.8, 4) is 0 Å². The van der Waals surface area contributed by atoms with Gasteiger partial charge in [0.05, 0.1) is 6.54 Å². The van der Waals surface area contributed by atoms with E-state index in [4.69, 9.17) is 0 Å². The van der Waals surface area contributed by atoms with Crippen LogP contribution in [0.1, 0.15) is 11.0 Å². The monoisotopic (exact) mass is 471 g/mol. The van der Waals surface area contributed by atoms with Crippen molar-refractivity contribution >= 4 is 51.4 Å². The van der Waals surface area contributed by atoms with Crippen LogP contribution in [0.25, 0.3) is 10.1 Å². The number of rotatable bonds is 6. The van der Waals surface area contributed by atoms with E-state index in [0.29, 0.717) is 19.0 Å². The number of nitrogens with one attached hydrogen (secondary N) is 2. The fourth-order valence-corrected chi connectivity index (χ4v) is 3.45. The van der Waals surface area contributed by atoms with Crippen molar-refractivity contribution in [2.45, 2.75) is 12.6 Å². The summed E-state index contributed by atoms with van der Waals surface area (Å²) in [5.41, 5.74) is 0. The molecule has 0 saturated heterocycles. The van der Waals surface area contributed by atoms with Crippen molar-refractivity contribution in [2.24, 2.45) is 4.99 Å². The quantitative estimate of drug-likeness (QED) is 0.294. The molecular formula is C17H22IN5OS. The molecule has 0 amide bonds. The minimum Gasteiger partial charge on any atom is -0.386 e. The van der Waals surface area contributed by atoms with Crippen LogP contribution in [-0.2, 0) is 6.54 Å². The van der Waals surface area contributed by atoms with E-state index in [1.165, 1.54) is 10.1 Å². The van der Waals surface area contributed by atoms with Gasteiger partial charge in [0.15, 0.2) is 5.96 Å². The van der Waals surface area contributed by atoms with Gasteiger partial charge in [-0.15, -0.1) is 35.3 Å². The molecule has 0 aliphatic heterocycles. The third kappa shape index (κ3) is 5.41. The second-order valence-corrected chi connectivity index (χ2v) is 6.47. The van der Waals surface area contributed by atoms with Gasteiger partial charge in [-0.2, -0.15) is 5.10 Å². The van der Waals surface area contributed by atoms with Crippen LogP contribution >= 0.6 is 35.3 Å². The Morgan fingerprint density at radius 3 is 2.88 bits per heavy atom. The number of aliphatic hydroxyl groups excluding tert-OH is 1. The zero-order valence-corrected chi connectivity index (χ0v) is 17.1. The molecule has 0 bridgehead atoms. The van der Waals surface area contributed by atoms with Crippen LogP contribution in [0.15, 0.2) is 53.8 Å². The zero-order chi connectivity index (χ0) is 16.8. The summed E-state index contributed by atoms with van der Waals surface area (Å²) in [6.07, 6.45) is 3.12. The van der Waals surface area contributed by atoms with Crippen LogP contribution < -0.4 is 10.6 Å². The van der Waals surface area contributed by atoms with Crippen LogP contribution in [0.3, 0.4) is 0 Å². The number of aliphatic imine (C=N–C) groups is 1. The number of fused-ring (bicyclic) bond motifs is 1. The summed E-state index contributed by atoms with van der Waals surface area (Å²) in [4.78, 5) is 5.13. The third-order valence-electron chi connectivity index (χ3n) is 3.65. The predicted molar refractivity (Wildman–Crippen MR) is 114 cm³/mol. The van der Waals surface area contributed by atoms with Crippen molar-refractivity contribution in [3.63, 3.8) is 0 Å². The van der Waals surface area contributed by atoms with Crippen LogP contribution in [-0.4, -0.2) is 41.0 Å². The molecule has 0 aliphatic rings. The average molecular weight is 471 g/mol. The largest absolute Gasteiger partial charge is 0.386 e. The maximum absolute atomic E-state index is 10.4. The summed E-state index contributed by atoms with van der Waals surface area (Å²) < 4.78 is 3.04. The molecule has 0 spiro atoms. The normalized spacial score (nSPS) is 12.6. The highest BCUT2D eigenvalue weighted by Gasteiger charge is 2.12. The minimum atomic E-state index is -0.563. The number of nitrogens with zero attached hydrogens (tertiary/aromatic N) is 3. The molecular weight excluding hydrogens is 449 g/mol. The van der Waals surface area contributed by atoms with Gasteiger partial charge in [-0.1, -0.05) is 18.2 Å². The molecule has 8 heteroatoms. The summed E-state index contributed by atoms with van der Waals surface area (Å²) in [5.74, 6) is 0.669. The maximum Gasteiger partial charge on any atom is 0.191 e. The fourth-order valence-electron chi connectivity index (χ4n) is 2.40. The van der Waals surface area contributed by atoms with E-state index >= 15 is 0 Å². The number of guanidine groups is 1. The standard InChI is InChI=1S/C17H21N5OS.HI/c1-18-17(19-8-10-22-9-4-7-21-22)20-12-14(23)16-11-13-5-2-3-6-15(13)24-16;/h2-7,9,11,14,23H,8,10,12H2,1H3,(H2,18,19,20);1H. The third-order valence-corrected chi connectivity index (χ3v) is 4.87. The van der Waals surface area contributed by atoms with Crippen molar-refractivity contribution in [2.75, 3.05) is 20.1 Å². The highest BCUT2D eigenvalue weighted by atomic mass is 127. The number of aliphatic hydroxyl groups is 1. The number of thiophene rings is 1. The topological polar surface area (TPSA) is 74.5 Å². The number of hydrogen-bond donors (Lipinski definition) is 3. The van der Waals surface area contributed by atoms with Crippen LogP contribution in [0, 0.1) is 0 Å². The van der Waals surface area contributed by atoms with Gasteiger partial charge in [0.2, 0.25) is 0 Å². The fraction of sp³-hybridized carbons (Fsp3) is 0.294. The lowest BCUT2D eigenvalue weighted by molar-refractivity contribution is 0.184. The van der Waals surface area contributed by atoms with E-state index in [0.717, 1.165) is 11.4 Å². The molecule has 1 atom stereocenters. The molecule has 0 radical (unpaired) electrons. The molecule has 134 valence electrons. The van der Waals surface area contributed by atoms with Gasteiger partial charge in [0.25, 0.3) is 0 Å². The predicted octanol–water partition coefficient (Wildman–Crippen LogP) is 2.61. The lowest BCUT2D eigenvalue weighted by Gasteiger charge is -2.14. The van der Waals surface area contributed by atoms with Gasteiger partial charge in [-0.25, -0.2) is 0 Å². The number of hydrogen-bond acceptors (Lipinski definition) is 4. The Kier molecular flexibility index (Phi) is 7.66. The molecule has 25 heavy (non-hydrogen) atoms. The molecule has 3 rings (SSSR count). The first-order valence-corrected chi connectivity index (χ1v) is 8.66. The van der Waals surface area contributed by atoms with Gasteiger partial charge in [-0.05, 0) is 23.6 Å². The summed E-state index contributed by atoms with van der Waals surface area (Å²) in [6, 6.07) is 12.1. The highest BCUT2D eigenvalue weighted by Crippen LogP contribution is 2.29. The summed E-state index contributed by atoms with van der Waals surface area (Å²) in [5, 5.41) is 22.1. The van der Waals surface area contributed by atoms with E-state index in [2.05, 4.69) is 32.9 Å². The van der Waals surface area contributed by atoms with Crippen molar-refractivity contribution in [1.29, 1.82) is 0 Å². The number of benzene rings is 1. The number of halogens is 1. The molecule has 1 aromatic carbocycles.